The smallest absolute Gasteiger partial charge is 0.213 e. The van der Waals surface area contributed by atoms with Gasteiger partial charge in [0.1, 0.15) is 11.5 Å². The molecule has 0 radical (unpaired) electrons. The molecule has 2 aliphatic heterocycles. The van der Waals surface area contributed by atoms with E-state index in [1.165, 1.54) is 12.8 Å². The normalized spacial score (nSPS) is 18.7. The van der Waals surface area contributed by atoms with E-state index >= 15 is 0 Å². The summed E-state index contributed by atoms with van der Waals surface area (Å²) in [6.45, 7) is 2.94. The largest absolute Gasteiger partial charge is 0.494 e. The van der Waals surface area contributed by atoms with Crippen molar-refractivity contribution in [2.45, 2.75) is 44.9 Å². The highest BCUT2D eigenvalue weighted by Gasteiger charge is 2.42. The second-order valence-corrected chi connectivity index (χ2v) is 10.8. The Morgan fingerprint density at radius 1 is 1.06 bits per heavy atom. The lowest BCUT2D eigenvalue weighted by Crippen LogP contribution is -2.33. The minimum Gasteiger partial charge on any atom is -0.494 e. The Balaban J connectivity index is 1.47. The summed E-state index contributed by atoms with van der Waals surface area (Å²) in [6.07, 6.45) is 3.89. The van der Waals surface area contributed by atoms with Gasteiger partial charge >= 0.3 is 0 Å². The number of unbranched alkanes of at least 4 members (excludes halogenated alkanes) is 2. The molecule has 2 aliphatic rings. The summed E-state index contributed by atoms with van der Waals surface area (Å²) in [5.41, 5.74) is 4.24. The summed E-state index contributed by atoms with van der Waals surface area (Å²) in [4.78, 5) is 0. The zero-order chi connectivity index (χ0) is 23.7. The van der Waals surface area contributed by atoms with Crippen LogP contribution in [0, 0.1) is 0 Å². The Morgan fingerprint density at radius 2 is 1.82 bits per heavy atom. The third-order valence-electron chi connectivity index (χ3n) is 6.17. The number of rotatable bonds is 7. The van der Waals surface area contributed by atoms with Gasteiger partial charge in [0.15, 0.2) is 0 Å². The molecule has 0 saturated heterocycles. The Hall–Kier alpha value is -2.02. The number of fused-ring (bicyclic) bond motifs is 3. The predicted molar refractivity (Wildman–Crippen MR) is 144 cm³/mol. The number of benzene rings is 3. The first-order valence-electron chi connectivity index (χ1n) is 11.5. The monoisotopic (exact) mass is 602 g/mol. The van der Waals surface area contributed by atoms with Crippen LogP contribution in [0.4, 0.5) is 0 Å². The van der Waals surface area contributed by atoms with Gasteiger partial charge in [-0.1, -0.05) is 59.4 Å². The Morgan fingerprint density at radius 3 is 2.56 bits per heavy atom. The van der Waals surface area contributed by atoms with Crippen molar-refractivity contribution in [2.24, 2.45) is 5.10 Å². The minimum atomic E-state index is -0.339. The highest BCUT2D eigenvalue weighted by atomic mass is 79.9. The Labute approximate surface area is 222 Å². The Bertz CT molecular complexity index is 1200. The van der Waals surface area contributed by atoms with E-state index in [2.05, 4.69) is 62.0 Å². The maximum Gasteiger partial charge on any atom is 0.213 e. The van der Waals surface area contributed by atoms with Gasteiger partial charge in [0, 0.05) is 27.0 Å². The number of hydrazone groups is 1. The number of hydrogen-bond donors (Lipinski definition) is 0. The standard InChI is InChI=1S/C27H25Br2ClN2O2/c1-2-3-4-13-33-21-11-7-18(8-12-21)27-32-25(22-14-19(28)15-23(29)26(22)34-27)16-24(31-32)17-5-9-20(30)10-6-17/h5-12,14-15,25,27H,2-4,13,16H2,1H3/t25-,27-/m1/s1. The molecule has 0 N–H and O–H groups in total. The average molecular weight is 605 g/mol. The van der Waals surface area contributed by atoms with E-state index in [-0.39, 0.29) is 12.3 Å². The molecule has 176 valence electrons. The van der Waals surface area contributed by atoms with Crippen molar-refractivity contribution in [1.82, 2.24) is 5.01 Å². The van der Waals surface area contributed by atoms with Crippen LogP contribution in [0.3, 0.4) is 0 Å². The van der Waals surface area contributed by atoms with Crippen molar-refractivity contribution >= 4 is 49.2 Å². The van der Waals surface area contributed by atoms with Crippen LogP contribution in [0.1, 0.15) is 61.6 Å². The molecule has 0 aliphatic carbocycles. The van der Waals surface area contributed by atoms with Crippen LogP contribution in [0.5, 0.6) is 11.5 Å². The van der Waals surface area contributed by atoms with Crippen LogP contribution < -0.4 is 9.47 Å². The Kier molecular flexibility index (Phi) is 7.19. The third kappa shape index (κ3) is 4.86. The molecule has 0 spiro atoms. The van der Waals surface area contributed by atoms with Crippen molar-refractivity contribution in [3.63, 3.8) is 0 Å². The molecule has 34 heavy (non-hydrogen) atoms. The van der Waals surface area contributed by atoms with Crippen LogP contribution >= 0.6 is 43.5 Å². The number of halogens is 3. The van der Waals surface area contributed by atoms with Gasteiger partial charge in [-0.05, 0) is 76.4 Å². The molecule has 7 heteroatoms. The molecule has 0 fully saturated rings. The van der Waals surface area contributed by atoms with Crippen LogP contribution in [0.2, 0.25) is 5.02 Å². The van der Waals surface area contributed by atoms with Gasteiger partial charge in [-0.15, -0.1) is 0 Å². The average Bonchev–Trinajstić information content (AvgIpc) is 3.28. The molecule has 0 saturated carbocycles. The van der Waals surface area contributed by atoms with Crippen molar-refractivity contribution in [3.8, 4) is 11.5 Å². The van der Waals surface area contributed by atoms with Gasteiger partial charge in [-0.2, -0.15) is 5.10 Å². The fraction of sp³-hybridized carbons (Fsp3) is 0.296. The van der Waals surface area contributed by atoms with Crippen LogP contribution in [0.25, 0.3) is 0 Å². The van der Waals surface area contributed by atoms with Crippen molar-refractivity contribution in [3.05, 3.63) is 91.3 Å². The van der Waals surface area contributed by atoms with Crippen LogP contribution in [-0.2, 0) is 0 Å². The van der Waals surface area contributed by atoms with Crippen molar-refractivity contribution in [1.29, 1.82) is 0 Å². The second-order valence-electron chi connectivity index (χ2n) is 8.55. The molecule has 2 atom stereocenters. The zero-order valence-corrected chi connectivity index (χ0v) is 22.7. The fourth-order valence-corrected chi connectivity index (χ4v) is 5.90. The molecule has 0 aromatic heterocycles. The number of hydrogen-bond acceptors (Lipinski definition) is 4. The topological polar surface area (TPSA) is 34.1 Å². The minimum absolute atomic E-state index is 0.0678. The lowest BCUT2D eigenvalue weighted by molar-refractivity contribution is -0.0197. The van der Waals surface area contributed by atoms with Gasteiger partial charge in [0.2, 0.25) is 6.23 Å². The molecule has 5 rings (SSSR count). The number of nitrogens with zero attached hydrogens (tertiary/aromatic N) is 2. The summed E-state index contributed by atoms with van der Waals surface area (Å²) in [7, 11) is 0. The van der Waals surface area contributed by atoms with Crippen LogP contribution in [0.15, 0.2) is 74.7 Å². The first-order valence-corrected chi connectivity index (χ1v) is 13.5. The highest BCUT2D eigenvalue weighted by molar-refractivity contribution is 9.11. The van der Waals surface area contributed by atoms with Crippen molar-refractivity contribution in [2.75, 3.05) is 6.61 Å². The van der Waals surface area contributed by atoms with E-state index in [4.69, 9.17) is 26.2 Å². The molecule has 3 aromatic rings. The van der Waals surface area contributed by atoms with Gasteiger partial charge in [-0.25, -0.2) is 5.01 Å². The third-order valence-corrected chi connectivity index (χ3v) is 7.47. The lowest BCUT2D eigenvalue weighted by Gasteiger charge is -2.38. The molecular weight excluding hydrogens is 580 g/mol. The number of ether oxygens (including phenoxy) is 2. The second kappa shape index (κ2) is 10.3. The van der Waals surface area contributed by atoms with E-state index in [9.17, 15) is 0 Å². The SMILES string of the molecule is CCCCCOc1ccc([C@H]2Oc3c(Br)cc(Br)cc3[C@H]3CC(c4ccc(Cl)cc4)=NN32)cc1. The molecule has 2 heterocycles. The summed E-state index contributed by atoms with van der Waals surface area (Å²) >= 11 is 13.5. The van der Waals surface area contributed by atoms with Gasteiger partial charge in [0.25, 0.3) is 0 Å². The summed E-state index contributed by atoms with van der Waals surface area (Å²) < 4.78 is 14.4. The van der Waals surface area contributed by atoms with E-state index in [1.54, 1.807) is 0 Å². The quantitative estimate of drug-likeness (QED) is 0.253. The van der Waals surface area contributed by atoms with Gasteiger partial charge in [0.05, 0.1) is 22.8 Å². The first kappa shape index (κ1) is 23.7. The van der Waals surface area contributed by atoms with Gasteiger partial charge in [-0.3, -0.25) is 0 Å². The summed E-state index contributed by atoms with van der Waals surface area (Å²) in [6, 6.07) is 20.3. The summed E-state index contributed by atoms with van der Waals surface area (Å²) in [5, 5.41) is 7.84. The maximum atomic E-state index is 6.56. The molecule has 4 nitrogen and oxygen atoms in total. The first-order chi connectivity index (χ1) is 16.5. The molecule has 0 unspecified atom stereocenters. The maximum absolute atomic E-state index is 6.56. The van der Waals surface area contributed by atoms with Gasteiger partial charge < -0.3 is 9.47 Å². The molecule has 0 bridgehead atoms. The molecular formula is C27H25Br2ClN2O2. The van der Waals surface area contributed by atoms with Crippen molar-refractivity contribution < 1.29 is 9.47 Å². The van der Waals surface area contributed by atoms with E-state index < -0.39 is 0 Å². The van der Waals surface area contributed by atoms with Crippen LogP contribution in [-0.4, -0.2) is 17.3 Å². The zero-order valence-electron chi connectivity index (χ0n) is 18.8. The fourth-order valence-electron chi connectivity index (χ4n) is 4.42. The molecule has 0 amide bonds. The lowest BCUT2D eigenvalue weighted by atomic mass is 9.96. The van der Waals surface area contributed by atoms with E-state index in [0.29, 0.717) is 0 Å². The summed E-state index contributed by atoms with van der Waals surface area (Å²) in [5.74, 6) is 1.74. The van der Waals surface area contributed by atoms with E-state index in [1.807, 2.05) is 42.5 Å². The predicted octanol–water partition coefficient (Wildman–Crippen LogP) is 8.68. The molecule has 3 aromatic carbocycles. The van der Waals surface area contributed by atoms with E-state index in [0.717, 1.165) is 67.3 Å². The highest BCUT2D eigenvalue weighted by Crippen LogP contribution is 2.51.